The summed E-state index contributed by atoms with van der Waals surface area (Å²) in [6.07, 6.45) is 6.59. The van der Waals surface area contributed by atoms with E-state index in [4.69, 9.17) is 4.99 Å². The summed E-state index contributed by atoms with van der Waals surface area (Å²) in [6.45, 7) is 7.00. The number of nitrogens with zero attached hydrogens (tertiary/aromatic N) is 1. The Morgan fingerprint density at radius 3 is 2.81 bits per heavy atom. The smallest absolute Gasteiger partial charge is 0.157 e. The number of aliphatic imine (C=N–C) groups is 1. The highest BCUT2D eigenvalue weighted by molar-refractivity contribution is 8.13. The highest BCUT2D eigenvalue weighted by Crippen LogP contribution is 2.38. The van der Waals surface area contributed by atoms with E-state index in [2.05, 4.69) is 26.1 Å². The van der Waals surface area contributed by atoms with E-state index in [0.717, 1.165) is 0 Å². The average Bonchev–Trinajstić information content (AvgIpc) is 2.21. The molecular formula is C13H24N2S. The van der Waals surface area contributed by atoms with Crippen molar-refractivity contribution in [2.75, 3.05) is 5.75 Å². The van der Waals surface area contributed by atoms with Crippen LogP contribution < -0.4 is 5.32 Å². The fourth-order valence-corrected chi connectivity index (χ4v) is 3.74. The number of hydrogen-bond acceptors (Lipinski definition) is 2. The zero-order chi connectivity index (χ0) is 11.6. The van der Waals surface area contributed by atoms with Crippen molar-refractivity contribution in [2.45, 2.75) is 65.0 Å². The van der Waals surface area contributed by atoms with E-state index in [-0.39, 0.29) is 0 Å². The highest BCUT2D eigenvalue weighted by atomic mass is 32.2. The molecule has 1 heterocycles. The molecule has 1 saturated carbocycles. The first kappa shape index (κ1) is 12.3. The third-order valence-electron chi connectivity index (χ3n) is 3.88. The van der Waals surface area contributed by atoms with Crippen LogP contribution in [-0.4, -0.2) is 23.0 Å². The second kappa shape index (κ2) is 4.99. The molecule has 2 atom stereocenters. The third kappa shape index (κ3) is 2.93. The third-order valence-corrected chi connectivity index (χ3v) is 4.82. The molecule has 2 unspecified atom stereocenters. The molecule has 0 bridgehead atoms. The van der Waals surface area contributed by atoms with Crippen LogP contribution in [0.5, 0.6) is 0 Å². The predicted molar refractivity (Wildman–Crippen MR) is 73.1 cm³/mol. The quantitative estimate of drug-likeness (QED) is 0.759. The Kier molecular flexibility index (Phi) is 3.83. The number of amidine groups is 1. The van der Waals surface area contributed by atoms with Gasteiger partial charge in [0.1, 0.15) is 0 Å². The standard InChI is InChI=1S/C13H24N2S/c1-10-7-9-16-12(14-10)15-11-6-4-5-8-13(11,2)3/h10-11H,4-9H2,1-3H3,(H,14,15). The predicted octanol–water partition coefficient (Wildman–Crippen LogP) is 3.43. The first-order valence-corrected chi connectivity index (χ1v) is 7.53. The first-order chi connectivity index (χ1) is 7.58. The van der Waals surface area contributed by atoms with Crippen LogP contribution >= 0.6 is 11.8 Å². The van der Waals surface area contributed by atoms with E-state index in [9.17, 15) is 0 Å². The van der Waals surface area contributed by atoms with Gasteiger partial charge in [0.25, 0.3) is 0 Å². The van der Waals surface area contributed by atoms with E-state index < -0.39 is 0 Å². The fraction of sp³-hybridized carbons (Fsp3) is 0.923. The Bertz CT molecular complexity index is 273. The zero-order valence-corrected chi connectivity index (χ0v) is 11.6. The molecule has 92 valence electrons. The number of rotatable bonds is 1. The molecule has 0 aromatic rings. The van der Waals surface area contributed by atoms with Gasteiger partial charge in [-0.15, -0.1) is 0 Å². The molecule has 0 aromatic carbocycles. The van der Waals surface area contributed by atoms with Crippen LogP contribution in [0.2, 0.25) is 0 Å². The minimum atomic E-state index is 0.397. The molecule has 0 spiro atoms. The Morgan fingerprint density at radius 2 is 2.12 bits per heavy atom. The molecule has 2 rings (SSSR count). The molecule has 1 saturated heterocycles. The lowest BCUT2D eigenvalue weighted by atomic mass is 9.73. The lowest BCUT2D eigenvalue weighted by Crippen LogP contribution is -2.39. The van der Waals surface area contributed by atoms with Crippen molar-refractivity contribution in [1.29, 1.82) is 0 Å². The van der Waals surface area contributed by atoms with Crippen molar-refractivity contribution in [3.63, 3.8) is 0 Å². The van der Waals surface area contributed by atoms with Gasteiger partial charge in [0.15, 0.2) is 5.17 Å². The lowest BCUT2D eigenvalue weighted by Gasteiger charge is -2.37. The van der Waals surface area contributed by atoms with Crippen LogP contribution in [0.25, 0.3) is 0 Å². The molecule has 0 radical (unpaired) electrons. The molecular weight excluding hydrogens is 216 g/mol. The summed E-state index contributed by atoms with van der Waals surface area (Å²) in [5.74, 6) is 1.22. The van der Waals surface area contributed by atoms with Gasteiger partial charge in [-0.05, 0) is 31.6 Å². The molecule has 1 aliphatic carbocycles. The molecule has 16 heavy (non-hydrogen) atoms. The molecule has 1 N–H and O–H groups in total. The number of hydrogen-bond donors (Lipinski definition) is 1. The van der Waals surface area contributed by atoms with Gasteiger partial charge in [-0.25, -0.2) is 0 Å². The van der Waals surface area contributed by atoms with E-state index in [1.807, 2.05) is 11.8 Å². The summed E-state index contributed by atoms with van der Waals surface area (Å²) in [5, 5.41) is 4.71. The molecule has 0 aromatic heterocycles. The van der Waals surface area contributed by atoms with Gasteiger partial charge in [-0.2, -0.15) is 0 Å². The van der Waals surface area contributed by atoms with Gasteiger partial charge in [0.05, 0.1) is 6.04 Å². The number of nitrogens with one attached hydrogen (secondary N) is 1. The Hall–Kier alpha value is -0.180. The van der Waals surface area contributed by atoms with E-state index >= 15 is 0 Å². The molecule has 2 fully saturated rings. The van der Waals surface area contributed by atoms with Crippen molar-refractivity contribution in [2.24, 2.45) is 10.4 Å². The molecule has 2 aliphatic rings. The van der Waals surface area contributed by atoms with Gasteiger partial charge in [-0.3, -0.25) is 4.99 Å². The maximum atomic E-state index is 4.97. The molecule has 1 aliphatic heterocycles. The minimum Gasteiger partial charge on any atom is -0.362 e. The van der Waals surface area contributed by atoms with Gasteiger partial charge in [0, 0.05) is 11.8 Å². The van der Waals surface area contributed by atoms with Crippen molar-refractivity contribution >= 4 is 16.9 Å². The monoisotopic (exact) mass is 240 g/mol. The van der Waals surface area contributed by atoms with E-state index in [1.54, 1.807) is 0 Å². The SMILES string of the molecule is CC1CCSC(=NC2CCCCC2(C)C)N1. The lowest BCUT2D eigenvalue weighted by molar-refractivity contribution is 0.204. The van der Waals surface area contributed by atoms with Gasteiger partial charge in [0.2, 0.25) is 0 Å². The van der Waals surface area contributed by atoms with E-state index in [1.165, 1.54) is 43.0 Å². The summed E-state index contributed by atoms with van der Waals surface area (Å²) >= 11 is 1.90. The normalized spacial score (nSPS) is 37.1. The summed E-state index contributed by atoms with van der Waals surface area (Å²) in [5.41, 5.74) is 0.397. The summed E-state index contributed by atoms with van der Waals surface area (Å²) in [6, 6.07) is 1.13. The van der Waals surface area contributed by atoms with Crippen LogP contribution in [0, 0.1) is 5.41 Å². The zero-order valence-electron chi connectivity index (χ0n) is 10.8. The van der Waals surface area contributed by atoms with Gasteiger partial charge < -0.3 is 5.32 Å². The van der Waals surface area contributed by atoms with Crippen LogP contribution in [0.1, 0.15) is 52.9 Å². The van der Waals surface area contributed by atoms with Crippen LogP contribution in [-0.2, 0) is 0 Å². The second-order valence-electron chi connectivity index (χ2n) is 5.87. The van der Waals surface area contributed by atoms with Crippen molar-refractivity contribution in [3.05, 3.63) is 0 Å². The highest BCUT2D eigenvalue weighted by Gasteiger charge is 2.32. The van der Waals surface area contributed by atoms with Crippen LogP contribution in [0.3, 0.4) is 0 Å². The number of thioether (sulfide) groups is 1. The second-order valence-corrected chi connectivity index (χ2v) is 6.95. The molecule has 2 nitrogen and oxygen atoms in total. The van der Waals surface area contributed by atoms with E-state index in [0.29, 0.717) is 17.5 Å². The molecule has 0 amide bonds. The average molecular weight is 240 g/mol. The van der Waals surface area contributed by atoms with Gasteiger partial charge >= 0.3 is 0 Å². The Labute approximate surface area is 104 Å². The van der Waals surface area contributed by atoms with Crippen molar-refractivity contribution in [3.8, 4) is 0 Å². The summed E-state index contributed by atoms with van der Waals surface area (Å²) < 4.78 is 0. The van der Waals surface area contributed by atoms with Crippen molar-refractivity contribution in [1.82, 2.24) is 5.32 Å². The first-order valence-electron chi connectivity index (χ1n) is 6.55. The largest absolute Gasteiger partial charge is 0.362 e. The van der Waals surface area contributed by atoms with Crippen molar-refractivity contribution < 1.29 is 0 Å². The minimum absolute atomic E-state index is 0.397. The summed E-state index contributed by atoms with van der Waals surface area (Å²) in [7, 11) is 0. The van der Waals surface area contributed by atoms with Crippen LogP contribution in [0.15, 0.2) is 4.99 Å². The maximum Gasteiger partial charge on any atom is 0.157 e. The maximum absolute atomic E-state index is 4.97. The summed E-state index contributed by atoms with van der Waals surface area (Å²) in [4.78, 5) is 4.97. The Morgan fingerprint density at radius 1 is 1.31 bits per heavy atom. The Balaban J connectivity index is 2.03. The fourth-order valence-electron chi connectivity index (χ4n) is 2.59. The topological polar surface area (TPSA) is 24.4 Å². The van der Waals surface area contributed by atoms with Crippen LogP contribution in [0.4, 0.5) is 0 Å². The van der Waals surface area contributed by atoms with Gasteiger partial charge in [-0.1, -0.05) is 38.5 Å². The molecule has 3 heteroatoms.